The van der Waals surface area contributed by atoms with E-state index in [4.69, 9.17) is 19.6 Å². The second kappa shape index (κ2) is 6.84. The third kappa shape index (κ3) is 3.33. The Labute approximate surface area is 137 Å². The number of nitrogens with one attached hydrogen (secondary N) is 1. The lowest BCUT2D eigenvalue weighted by atomic mass is 9.97. The fraction of sp³-hybridized carbons (Fsp3) is 0.647. The van der Waals surface area contributed by atoms with Crippen LogP contribution in [0.15, 0.2) is 6.07 Å². The number of anilines is 1. The number of methoxy groups -OCH3 is 1. The van der Waals surface area contributed by atoms with Crippen molar-refractivity contribution in [1.29, 1.82) is 0 Å². The van der Waals surface area contributed by atoms with E-state index in [9.17, 15) is 0 Å². The summed E-state index contributed by atoms with van der Waals surface area (Å²) in [7, 11) is 1.72. The Kier molecular flexibility index (Phi) is 4.82. The maximum atomic E-state index is 5.46. The lowest BCUT2D eigenvalue weighted by Gasteiger charge is -2.20. The number of rotatable bonds is 5. The molecule has 3 rings (SSSR count). The van der Waals surface area contributed by atoms with E-state index in [2.05, 4.69) is 25.2 Å². The third-order valence-corrected chi connectivity index (χ3v) is 4.54. The summed E-state index contributed by atoms with van der Waals surface area (Å²) in [5.74, 6) is 1.48. The molecule has 6 nitrogen and oxygen atoms in total. The highest BCUT2D eigenvalue weighted by Gasteiger charge is 2.21. The second-order valence-electron chi connectivity index (χ2n) is 6.40. The molecule has 2 aromatic heterocycles. The molecule has 0 spiro atoms. The molecule has 0 bridgehead atoms. The highest BCUT2D eigenvalue weighted by molar-refractivity contribution is 5.56. The van der Waals surface area contributed by atoms with Gasteiger partial charge in [-0.05, 0) is 33.6 Å². The summed E-state index contributed by atoms with van der Waals surface area (Å²) in [6.45, 7) is 8.52. The van der Waals surface area contributed by atoms with E-state index in [1.165, 1.54) is 0 Å². The van der Waals surface area contributed by atoms with Crippen LogP contribution in [-0.4, -0.2) is 47.6 Å². The molecule has 126 valence electrons. The molecule has 1 atom stereocenters. The van der Waals surface area contributed by atoms with Crippen molar-refractivity contribution in [2.75, 3.05) is 32.2 Å². The number of hydrogen-bond acceptors (Lipinski definition) is 5. The van der Waals surface area contributed by atoms with Crippen molar-refractivity contribution in [3.63, 3.8) is 0 Å². The molecule has 1 fully saturated rings. The minimum Gasteiger partial charge on any atom is -0.383 e. The maximum absolute atomic E-state index is 5.46. The number of nitrogens with zero attached hydrogens (tertiary/aromatic N) is 3. The summed E-state index contributed by atoms with van der Waals surface area (Å²) >= 11 is 0. The first-order valence-electron chi connectivity index (χ1n) is 8.30. The quantitative estimate of drug-likeness (QED) is 0.918. The van der Waals surface area contributed by atoms with Crippen LogP contribution in [0.3, 0.4) is 0 Å². The SMILES string of the molecule is COCC(C)Nc1c(C)c(C)nc2cc(C3CCOCC3)nn12. The zero-order chi connectivity index (χ0) is 16.4. The largest absolute Gasteiger partial charge is 0.383 e. The average molecular weight is 318 g/mol. The van der Waals surface area contributed by atoms with Crippen LogP contribution < -0.4 is 5.32 Å². The van der Waals surface area contributed by atoms with Gasteiger partial charge in [-0.15, -0.1) is 0 Å². The van der Waals surface area contributed by atoms with Crippen LogP contribution >= 0.6 is 0 Å². The van der Waals surface area contributed by atoms with Crippen LogP contribution in [0.1, 0.15) is 42.6 Å². The van der Waals surface area contributed by atoms with Crippen LogP contribution in [0.2, 0.25) is 0 Å². The van der Waals surface area contributed by atoms with Gasteiger partial charge in [-0.25, -0.2) is 4.98 Å². The van der Waals surface area contributed by atoms with Crippen molar-refractivity contribution in [3.8, 4) is 0 Å². The highest BCUT2D eigenvalue weighted by atomic mass is 16.5. The lowest BCUT2D eigenvalue weighted by molar-refractivity contribution is 0.0844. The zero-order valence-electron chi connectivity index (χ0n) is 14.4. The number of aryl methyl sites for hydroxylation is 1. The lowest BCUT2D eigenvalue weighted by Crippen LogP contribution is -2.23. The molecule has 6 heteroatoms. The molecule has 1 saturated heterocycles. The average Bonchev–Trinajstić information content (AvgIpc) is 2.96. The fourth-order valence-corrected chi connectivity index (χ4v) is 3.11. The molecular weight excluding hydrogens is 292 g/mol. The van der Waals surface area contributed by atoms with Gasteiger partial charge in [-0.3, -0.25) is 0 Å². The molecule has 2 aromatic rings. The standard InChI is InChI=1S/C17H26N4O2/c1-11(10-22-4)18-17-12(2)13(3)19-16-9-15(20-21(16)17)14-5-7-23-8-6-14/h9,11,14,18H,5-8,10H2,1-4H3. The Morgan fingerprint density at radius 3 is 2.83 bits per heavy atom. The minimum atomic E-state index is 0.208. The predicted molar refractivity (Wildman–Crippen MR) is 90.2 cm³/mol. The normalized spacial score (nSPS) is 17.6. The Balaban J connectivity index is 1.99. The first-order chi connectivity index (χ1) is 11.1. The van der Waals surface area contributed by atoms with Gasteiger partial charge in [-0.1, -0.05) is 0 Å². The molecule has 0 saturated carbocycles. The van der Waals surface area contributed by atoms with Crippen LogP contribution in [0.4, 0.5) is 5.82 Å². The van der Waals surface area contributed by atoms with E-state index in [0.29, 0.717) is 12.5 Å². The van der Waals surface area contributed by atoms with Crippen LogP contribution in [0.25, 0.3) is 5.65 Å². The summed E-state index contributed by atoms with van der Waals surface area (Å²) in [5.41, 5.74) is 4.18. The number of ether oxygens (including phenoxy) is 2. The van der Waals surface area contributed by atoms with Crippen molar-refractivity contribution >= 4 is 11.5 Å². The number of fused-ring (bicyclic) bond motifs is 1. The summed E-state index contributed by atoms with van der Waals surface area (Å²) in [6.07, 6.45) is 2.06. The first kappa shape index (κ1) is 16.2. The van der Waals surface area contributed by atoms with Gasteiger partial charge in [0.2, 0.25) is 0 Å². The van der Waals surface area contributed by atoms with E-state index in [-0.39, 0.29) is 6.04 Å². The molecule has 0 radical (unpaired) electrons. The van der Waals surface area contributed by atoms with Crippen molar-refractivity contribution in [2.45, 2.75) is 45.6 Å². The molecule has 1 unspecified atom stereocenters. The number of aromatic nitrogens is 3. The summed E-state index contributed by atoms with van der Waals surface area (Å²) in [5, 5.41) is 8.37. The van der Waals surface area contributed by atoms with E-state index >= 15 is 0 Å². The van der Waals surface area contributed by atoms with Gasteiger partial charge < -0.3 is 14.8 Å². The Morgan fingerprint density at radius 2 is 2.13 bits per heavy atom. The van der Waals surface area contributed by atoms with Gasteiger partial charge in [-0.2, -0.15) is 9.61 Å². The van der Waals surface area contributed by atoms with E-state index in [1.54, 1.807) is 7.11 Å². The molecule has 1 N–H and O–H groups in total. The summed E-state index contributed by atoms with van der Waals surface area (Å²) in [4.78, 5) is 4.70. The minimum absolute atomic E-state index is 0.208. The van der Waals surface area contributed by atoms with Crippen molar-refractivity contribution < 1.29 is 9.47 Å². The Hall–Kier alpha value is -1.66. The monoisotopic (exact) mass is 318 g/mol. The highest BCUT2D eigenvalue weighted by Crippen LogP contribution is 2.28. The smallest absolute Gasteiger partial charge is 0.157 e. The summed E-state index contributed by atoms with van der Waals surface area (Å²) < 4.78 is 12.6. The van der Waals surface area contributed by atoms with Gasteiger partial charge in [0.1, 0.15) is 5.82 Å². The van der Waals surface area contributed by atoms with Crippen molar-refractivity contribution in [3.05, 3.63) is 23.0 Å². The Bertz CT molecular complexity index is 677. The van der Waals surface area contributed by atoms with Crippen LogP contribution in [0, 0.1) is 13.8 Å². The van der Waals surface area contributed by atoms with Crippen molar-refractivity contribution in [2.24, 2.45) is 0 Å². The van der Waals surface area contributed by atoms with E-state index in [0.717, 1.165) is 54.5 Å². The summed E-state index contributed by atoms with van der Waals surface area (Å²) in [6, 6.07) is 2.33. The molecule has 23 heavy (non-hydrogen) atoms. The second-order valence-corrected chi connectivity index (χ2v) is 6.40. The fourth-order valence-electron chi connectivity index (χ4n) is 3.11. The maximum Gasteiger partial charge on any atom is 0.157 e. The number of hydrogen-bond donors (Lipinski definition) is 1. The molecule has 1 aliphatic heterocycles. The topological polar surface area (TPSA) is 60.7 Å². The molecule has 1 aliphatic rings. The molecule has 3 heterocycles. The van der Waals surface area contributed by atoms with Gasteiger partial charge in [0.05, 0.1) is 12.3 Å². The van der Waals surface area contributed by atoms with Gasteiger partial charge >= 0.3 is 0 Å². The van der Waals surface area contributed by atoms with Crippen LogP contribution in [0.5, 0.6) is 0 Å². The van der Waals surface area contributed by atoms with Gasteiger partial charge in [0, 0.05) is 49.6 Å². The third-order valence-electron chi connectivity index (χ3n) is 4.54. The Morgan fingerprint density at radius 1 is 1.39 bits per heavy atom. The zero-order valence-corrected chi connectivity index (χ0v) is 14.4. The molecule has 0 aliphatic carbocycles. The predicted octanol–water partition coefficient (Wildman–Crippen LogP) is 2.69. The molecule has 0 aromatic carbocycles. The first-order valence-corrected chi connectivity index (χ1v) is 8.30. The molecular formula is C17H26N4O2. The molecule has 0 amide bonds. The van der Waals surface area contributed by atoms with Gasteiger partial charge in [0.25, 0.3) is 0 Å². The van der Waals surface area contributed by atoms with E-state index < -0.39 is 0 Å². The van der Waals surface area contributed by atoms with Crippen LogP contribution in [-0.2, 0) is 9.47 Å². The van der Waals surface area contributed by atoms with E-state index in [1.807, 2.05) is 11.4 Å². The van der Waals surface area contributed by atoms with Crippen molar-refractivity contribution in [1.82, 2.24) is 14.6 Å². The van der Waals surface area contributed by atoms with Gasteiger partial charge in [0.15, 0.2) is 5.65 Å².